The SMILES string of the molecule is CC(C)[C@H](NCC(=O)Nc1cccc2ccccc12)c1ccc2c(c1)OCCCO2. The fraction of sp³-hybridized carbons (Fsp3) is 0.320. The first-order valence-electron chi connectivity index (χ1n) is 10.5. The first kappa shape index (κ1) is 20.2. The Hall–Kier alpha value is -3.05. The van der Waals surface area contributed by atoms with Crippen LogP contribution in [0, 0.1) is 5.92 Å². The number of carbonyl (C=O) groups excluding carboxylic acids is 1. The number of nitrogens with one attached hydrogen (secondary N) is 2. The molecule has 0 fully saturated rings. The van der Waals surface area contributed by atoms with Crippen LogP contribution in [0.15, 0.2) is 60.7 Å². The maximum absolute atomic E-state index is 12.7. The van der Waals surface area contributed by atoms with Crippen LogP contribution in [0.3, 0.4) is 0 Å². The van der Waals surface area contributed by atoms with Crippen molar-refractivity contribution in [2.45, 2.75) is 26.3 Å². The molecule has 5 heteroatoms. The molecule has 0 aliphatic carbocycles. The highest BCUT2D eigenvalue weighted by Crippen LogP contribution is 2.34. The number of fused-ring (bicyclic) bond motifs is 2. The van der Waals surface area contributed by atoms with Crippen molar-refractivity contribution in [1.29, 1.82) is 0 Å². The molecule has 0 radical (unpaired) electrons. The fourth-order valence-electron chi connectivity index (χ4n) is 3.84. The van der Waals surface area contributed by atoms with Gasteiger partial charge in [0, 0.05) is 23.5 Å². The Morgan fingerprint density at radius 3 is 2.57 bits per heavy atom. The van der Waals surface area contributed by atoms with E-state index in [1.165, 1.54) is 0 Å². The van der Waals surface area contributed by atoms with E-state index in [-0.39, 0.29) is 18.5 Å². The van der Waals surface area contributed by atoms with Gasteiger partial charge in [0.2, 0.25) is 5.91 Å². The van der Waals surface area contributed by atoms with Gasteiger partial charge in [-0.2, -0.15) is 0 Å². The molecule has 1 aliphatic heterocycles. The second-order valence-electron chi connectivity index (χ2n) is 7.93. The average molecular weight is 405 g/mol. The summed E-state index contributed by atoms with van der Waals surface area (Å²) in [6, 6.07) is 20.0. The lowest BCUT2D eigenvalue weighted by Gasteiger charge is -2.24. The highest BCUT2D eigenvalue weighted by atomic mass is 16.5. The van der Waals surface area contributed by atoms with Crippen molar-refractivity contribution in [3.05, 3.63) is 66.2 Å². The van der Waals surface area contributed by atoms with Crippen LogP contribution in [-0.4, -0.2) is 25.7 Å². The van der Waals surface area contributed by atoms with Gasteiger partial charge in [-0.15, -0.1) is 0 Å². The van der Waals surface area contributed by atoms with E-state index in [0.717, 1.165) is 39.9 Å². The molecule has 0 saturated heterocycles. The molecule has 0 spiro atoms. The second kappa shape index (κ2) is 9.18. The number of benzene rings is 3. The summed E-state index contributed by atoms with van der Waals surface area (Å²) >= 11 is 0. The Morgan fingerprint density at radius 1 is 0.967 bits per heavy atom. The zero-order chi connectivity index (χ0) is 20.9. The van der Waals surface area contributed by atoms with E-state index >= 15 is 0 Å². The van der Waals surface area contributed by atoms with Crippen molar-refractivity contribution < 1.29 is 14.3 Å². The zero-order valence-corrected chi connectivity index (χ0v) is 17.5. The van der Waals surface area contributed by atoms with Crippen LogP contribution in [0.5, 0.6) is 11.5 Å². The summed E-state index contributed by atoms with van der Waals surface area (Å²) in [6.45, 7) is 5.84. The second-order valence-corrected chi connectivity index (χ2v) is 7.93. The lowest BCUT2D eigenvalue weighted by atomic mass is 9.95. The predicted molar refractivity (Wildman–Crippen MR) is 120 cm³/mol. The monoisotopic (exact) mass is 404 g/mol. The Balaban J connectivity index is 1.45. The van der Waals surface area contributed by atoms with Gasteiger partial charge >= 0.3 is 0 Å². The molecule has 2 N–H and O–H groups in total. The maximum Gasteiger partial charge on any atom is 0.238 e. The highest BCUT2D eigenvalue weighted by Gasteiger charge is 2.20. The molecule has 0 aromatic heterocycles. The van der Waals surface area contributed by atoms with Gasteiger partial charge in [-0.3, -0.25) is 4.79 Å². The maximum atomic E-state index is 12.7. The minimum atomic E-state index is -0.0636. The van der Waals surface area contributed by atoms with Gasteiger partial charge in [0.05, 0.1) is 19.8 Å². The summed E-state index contributed by atoms with van der Waals surface area (Å²) in [5.74, 6) is 1.80. The molecule has 1 aliphatic rings. The van der Waals surface area contributed by atoms with Crippen LogP contribution in [0.4, 0.5) is 5.69 Å². The molecule has 1 heterocycles. The molecule has 1 amide bonds. The summed E-state index contributed by atoms with van der Waals surface area (Å²) in [4.78, 5) is 12.7. The van der Waals surface area contributed by atoms with Gasteiger partial charge in [-0.05, 0) is 35.1 Å². The lowest BCUT2D eigenvalue weighted by Crippen LogP contribution is -2.33. The molecule has 3 aromatic rings. The summed E-state index contributed by atoms with van der Waals surface area (Å²) in [5, 5.41) is 8.61. The summed E-state index contributed by atoms with van der Waals surface area (Å²) in [7, 11) is 0. The Kier molecular flexibility index (Phi) is 6.19. The van der Waals surface area contributed by atoms with Crippen LogP contribution >= 0.6 is 0 Å². The van der Waals surface area contributed by atoms with E-state index in [0.29, 0.717) is 19.1 Å². The minimum absolute atomic E-state index is 0.0282. The predicted octanol–water partition coefficient (Wildman–Crippen LogP) is 4.93. The van der Waals surface area contributed by atoms with Crippen LogP contribution < -0.4 is 20.1 Å². The van der Waals surface area contributed by atoms with E-state index in [1.807, 2.05) is 60.7 Å². The Bertz CT molecular complexity index is 1030. The number of rotatable bonds is 6. The van der Waals surface area contributed by atoms with Gasteiger partial charge in [-0.1, -0.05) is 56.3 Å². The topological polar surface area (TPSA) is 59.6 Å². The minimum Gasteiger partial charge on any atom is -0.490 e. The number of hydrogen-bond donors (Lipinski definition) is 2. The molecule has 0 bridgehead atoms. The number of ether oxygens (including phenoxy) is 2. The molecule has 3 aromatic carbocycles. The average Bonchev–Trinajstić information content (AvgIpc) is 2.99. The normalized spacial score (nSPS) is 14.4. The molecular formula is C25H28N2O3. The molecule has 156 valence electrons. The number of amides is 1. The largest absolute Gasteiger partial charge is 0.490 e. The summed E-state index contributed by atoms with van der Waals surface area (Å²) in [6.07, 6.45) is 0.879. The molecule has 5 nitrogen and oxygen atoms in total. The van der Waals surface area contributed by atoms with Crippen LogP contribution in [0.2, 0.25) is 0 Å². The van der Waals surface area contributed by atoms with Crippen LogP contribution in [0.25, 0.3) is 10.8 Å². The van der Waals surface area contributed by atoms with Gasteiger partial charge in [-0.25, -0.2) is 0 Å². The van der Waals surface area contributed by atoms with Crippen molar-refractivity contribution in [2.24, 2.45) is 5.92 Å². The van der Waals surface area contributed by atoms with Crippen molar-refractivity contribution >= 4 is 22.4 Å². The molecule has 4 rings (SSSR count). The van der Waals surface area contributed by atoms with Crippen molar-refractivity contribution in [2.75, 3.05) is 25.1 Å². The lowest BCUT2D eigenvalue weighted by molar-refractivity contribution is -0.115. The van der Waals surface area contributed by atoms with Crippen LogP contribution in [-0.2, 0) is 4.79 Å². The van der Waals surface area contributed by atoms with Gasteiger partial charge < -0.3 is 20.1 Å². The van der Waals surface area contributed by atoms with Gasteiger partial charge in [0.1, 0.15) is 0 Å². The molecule has 0 saturated carbocycles. The quantitative estimate of drug-likeness (QED) is 0.612. The smallest absolute Gasteiger partial charge is 0.238 e. The summed E-state index contributed by atoms with van der Waals surface area (Å²) in [5.41, 5.74) is 1.92. The number of carbonyl (C=O) groups is 1. The Labute approximate surface area is 177 Å². The molecule has 1 atom stereocenters. The van der Waals surface area contributed by atoms with E-state index < -0.39 is 0 Å². The van der Waals surface area contributed by atoms with Crippen molar-refractivity contribution in [1.82, 2.24) is 5.32 Å². The van der Waals surface area contributed by atoms with E-state index in [4.69, 9.17) is 9.47 Å². The van der Waals surface area contributed by atoms with Crippen molar-refractivity contribution in [3.63, 3.8) is 0 Å². The van der Waals surface area contributed by atoms with Gasteiger partial charge in [0.25, 0.3) is 0 Å². The molecular weight excluding hydrogens is 376 g/mol. The van der Waals surface area contributed by atoms with E-state index in [2.05, 4.69) is 24.5 Å². The fourth-order valence-corrected chi connectivity index (χ4v) is 3.84. The zero-order valence-electron chi connectivity index (χ0n) is 17.5. The van der Waals surface area contributed by atoms with Gasteiger partial charge in [0.15, 0.2) is 11.5 Å². The van der Waals surface area contributed by atoms with E-state index in [1.54, 1.807) is 0 Å². The summed E-state index contributed by atoms with van der Waals surface area (Å²) < 4.78 is 11.6. The number of hydrogen-bond acceptors (Lipinski definition) is 4. The van der Waals surface area contributed by atoms with E-state index in [9.17, 15) is 4.79 Å². The third-order valence-electron chi connectivity index (χ3n) is 5.34. The first-order chi connectivity index (χ1) is 14.6. The first-order valence-corrected chi connectivity index (χ1v) is 10.5. The third-order valence-corrected chi connectivity index (χ3v) is 5.34. The standard InChI is InChI=1S/C25H28N2O3/c1-17(2)25(19-11-12-22-23(15-19)30-14-6-13-29-22)26-16-24(28)27-21-10-5-8-18-7-3-4-9-20(18)21/h3-5,7-12,15,17,25-26H,6,13-14,16H2,1-2H3,(H,27,28)/t25-/m0/s1. The van der Waals surface area contributed by atoms with Crippen LogP contribution in [0.1, 0.15) is 31.9 Å². The molecule has 30 heavy (non-hydrogen) atoms. The van der Waals surface area contributed by atoms with Crippen molar-refractivity contribution in [3.8, 4) is 11.5 Å². The highest BCUT2D eigenvalue weighted by molar-refractivity contribution is 6.02. The Morgan fingerprint density at radius 2 is 1.73 bits per heavy atom. The number of anilines is 1. The third kappa shape index (κ3) is 4.57. The molecule has 0 unspecified atom stereocenters.